The fraction of sp³-hybridized carbons (Fsp3) is 0.389. The second-order valence-electron chi connectivity index (χ2n) is 5.80. The van der Waals surface area contributed by atoms with Crippen LogP contribution in [0.25, 0.3) is 11.1 Å². The van der Waals surface area contributed by atoms with Crippen LogP contribution in [0.1, 0.15) is 35.1 Å². The molecule has 0 fully saturated rings. The van der Waals surface area contributed by atoms with E-state index in [1.165, 1.54) is 18.2 Å². The zero-order chi connectivity index (χ0) is 19.5. The quantitative estimate of drug-likeness (QED) is 0.784. The number of ether oxygens (including phenoxy) is 1. The molecule has 2 rings (SSSR count). The highest BCUT2D eigenvalue weighted by Gasteiger charge is 2.31. The zero-order valence-electron chi connectivity index (χ0n) is 14.6. The predicted octanol–water partition coefficient (Wildman–Crippen LogP) is 3.41. The molecule has 0 bridgehead atoms. The summed E-state index contributed by atoms with van der Waals surface area (Å²) in [6, 6.07) is 5.48. The molecule has 0 spiro atoms. The fourth-order valence-electron chi connectivity index (χ4n) is 3.16. The number of carbonyl (C=O) groups is 1. The van der Waals surface area contributed by atoms with Gasteiger partial charge in [-0.05, 0) is 37.5 Å². The van der Waals surface area contributed by atoms with Gasteiger partial charge < -0.3 is 20.1 Å². The first-order valence-electron chi connectivity index (χ1n) is 8.18. The molecule has 2 aromatic rings. The highest BCUT2D eigenvalue weighted by molar-refractivity contribution is 6.02. The molecule has 0 aliphatic carbocycles. The smallest absolute Gasteiger partial charge is 0.406 e. The molecular weight excluding hydrogens is 349 g/mol. The number of alkyl halides is 3. The van der Waals surface area contributed by atoms with E-state index in [0.29, 0.717) is 36.2 Å². The van der Waals surface area contributed by atoms with Crippen LogP contribution < -0.4 is 10.5 Å². The van der Waals surface area contributed by atoms with Crippen LogP contribution in [-0.4, -0.2) is 28.6 Å². The van der Waals surface area contributed by atoms with E-state index in [4.69, 9.17) is 10.8 Å². The molecule has 1 aromatic carbocycles. The molecular formula is C18H21F3N2O3. The molecule has 142 valence electrons. The first kappa shape index (κ1) is 19.8. The number of carbonyl (C=O) groups excluding carboxylic acids is 1. The van der Waals surface area contributed by atoms with E-state index in [9.17, 15) is 18.0 Å². The van der Waals surface area contributed by atoms with E-state index in [-0.39, 0.29) is 17.9 Å². The van der Waals surface area contributed by atoms with Gasteiger partial charge in [-0.3, -0.25) is 4.79 Å². The van der Waals surface area contributed by atoms with Gasteiger partial charge in [0.1, 0.15) is 5.75 Å². The number of halogens is 3. The van der Waals surface area contributed by atoms with Gasteiger partial charge in [-0.1, -0.05) is 19.1 Å². The summed E-state index contributed by atoms with van der Waals surface area (Å²) in [6.07, 6.45) is -3.78. The Morgan fingerprint density at radius 2 is 2.04 bits per heavy atom. The van der Waals surface area contributed by atoms with Gasteiger partial charge in [0, 0.05) is 30.1 Å². The van der Waals surface area contributed by atoms with Crippen molar-refractivity contribution in [2.45, 2.75) is 39.6 Å². The van der Waals surface area contributed by atoms with Crippen LogP contribution in [0.4, 0.5) is 13.2 Å². The Morgan fingerprint density at radius 1 is 1.35 bits per heavy atom. The Hall–Kier alpha value is -2.48. The van der Waals surface area contributed by atoms with Crippen molar-refractivity contribution in [3.8, 4) is 16.9 Å². The lowest BCUT2D eigenvalue weighted by atomic mass is 9.98. The summed E-state index contributed by atoms with van der Waals surface area (Å²) in [7, 11) is 0. The van der Waals surface area contributed by atoms with Gasteiger partial charge in [-0.2, -0.15) is 0 Å². The number of aliphatic hydroxyl groups is 1. The molecule has 0 atom stereocenters. The molecule has 1 amide bonds. The summed E-state index contributed by atoms with van der Waals surface area (Å²) in [5, 5.41) is 9.10. The summed E-state index contributed by atoms with van der Waals surface area (Å²) in [4.78, 5) is 12.0. The number of aromatic nitrogens is 1. The summed E-state index contributed by atoms with van der Waals surface area (Å²) in [6.45, 7) is 4.08. The van der Waals surface area contributed by atoms with Gasteiger partial charge in [0.2, 0.25) is 0 Å². The number of rotatable bonds is 7. The summed E-state index contributed by atoms with van der Waals surface area (Å²) in [5.41, 5.74) is 8.13. The van der Waals surface area contributed by atoms with Crippen LogP contribution in [0.5, 0.6) is 5.75 Å². The van der Waals surface area contributed by atoms with E-state index in [1.54, 1.807) is 13.0 Å². The van der Waals surface area contributed by atoms with Crippen molar-refractivity contribution < 1.29 is 27.8 Å². The maximum absolute atomic E-state index is 12.5. The van der Waals surface area contributed by atoms with E-state index in [0.717, 1.165) is 5.69 Å². The topological polar surface area (TPSA) is 77.5 Å². The number of nitrogens with two attached hydrogens (primary N) is 1. The summed E-state index contributed by atoms with van der Waals surface area (Å²) < 4.78 is 43.4. The molecule has 3 N–H and O–H groups in total. The molecule has 0 saturated carbocycles. The molecule has 1 heterocycles. The van der Waals surface area contributed by atoms with Crippen LogP contribution >= 0.6 is 0 Å². The molecule has 0 unspecified atom stereocenters. The van der Waals surface area contributed by atoms with Crippen LogP contribution in [0, 0.1) is 6.92 Å². The first-order chi connectivity index (χ1) is 12.2. The normalized spacial score (nSPS) is 11.6. The summed E-state index contributed by atoms with van der Waals surface area (Å²) in [5.74, 6) is -1.02. The average molecular weight is 370 g/mol. The third-order valence-corrected chi connectivity index (χ3v) is 4.11. The van der Waals surface area contributed by atoms with E-state index >= 15 is 0 Å². The van der Waals surface area contributed by atoms with Gasteiger partial charge in [-0.25, -0.2) is 0 Å². The lowest BCUT2D eigenvalue weighted by Gasteiger charge is -2.12. The Labute approximate surface area is 149 Å². The number of amides is 1. The molecule has 1 aromatic heterocycles. The molecule has 26 heavy (non-hydrogen) atoms. The second-order valence-corrected chi connectivity index (χ2v) is 5.80. The van der Waals surface area contributed by atoms with Gasteiger partial charge in [0.05, 0.1) is 5.56 Å². The van der Waals surface area contributed by atoms with Crippen LogP contribution in [-0.2, 0) is 13.0 Å². The van der Waals surface area contributed by atoms with Crippen LogP contribution in [0.15, 0.2) is 24.3 Å². The molecule has 5 nitrogen and oxygen atoms in total. The third-order valence-electron chi connectivity index (χ3n) is 4.11. The Kier molecular flexibility index (Phi) is 5.97. The second kappa shape index (κ2) is 7.82. The Morgan fingerprint density at radius 3 is 2.58 bits per heavy atom. The molecule has 0 aliphatic rings. The van der Waals surface area contributed by atoms with Crippen molar-refractivity contribution in [1.29, 1.82) is 0 Å². The number of aliphatic hydroxyl groups excluding tert-OH is 1. The van der Waals surface area contributed by atoms with Crippen molar-refractivity contribution in [2.24, 2.45) is 5.73 Å². The minimum absolute atomic E-state index is 0.0169. The first-order valence-corrected chi connectivity index (χ1v) is 8.18. The van der Waals surface area contributed by atoms with Crippen molar-refractivity contribution in [3.05, 3.63) is 41.2 Å². The van der Waals surface area contributed by atoms with E-state index < -0.39 is 12.3 Å². The number of hydrogen-bond acceptors (Lipinski definition) is 3. The molecule has 0 saturated heterocycles. The SMILES string of the molecule is CCc1c(-c2cccc(OC(F)(F)F)c2)c(C(N)=O)c(C)n1CCCO. The standard InChI is InChI=1S/C18H21F3N2O3/c1-3-14-16(12-6-4-7-13(10-12)26-18(19,20)21)15(17(22)25)11(2)23(14)8-5-9-24/h4,6-7,10,24H,3,5,8-9H2,1-2H3,(H2,22,25). The number of hydrogen-bond donors (Lipinski definition) is 2. The maximum Gasteiger partial charge on any atom is 0.573 e. The summed E-state index contributed by atoms with van der Waals surface area (Å²) >= 11 is 0. The Bertz CT molecular complexity index is 798. The molecule has 8 heteroatoms. The van der Waals surface area contributed by atoms with E-state index in [1.807, 2.05) is 11.5 Å². The van der Waals surface area contributed by atoms with Crippen LogP contribution in [0.3, 0.4) is 0 Å². The van der Waals surface area contributed by atoms with Crippen molar-refractivity contribution >= 4 is 5.91 Å². The molecule has 0 radical (unpaired) electrons. The predicted molar refractivity (Wildman–Crippen MR) is 90.9 cm³/mol. The number of primary amides is 1. The van der Waals surface area contributed by atoms with Gasteiger partial charge in [0.25, 0.3) is 5.91 Å². The van der Waals surface area contributed by atoms with Gasteiger partial charge in [0.15, 0.2) is 0 Å². The van der Waals surface area contributed by atoms with Crippen molar-refractivity contribution in [3.63, 3.8) is 0 Å². The third kappa shape index (κ3) is 4.19. The average Bonchev–Trinajstić information content (AvgIpc) is 2.83. The highest BCUT2D eigenvalue weighted by atomic mass is 19.4. The minimum Gasteiger partial charge on any atom is -0.406 e. The van der Waals surface area contributed by atoms with Gasteiger partial charge >= 0.3 is 6.36 Å². The largest absolute Gasteiger partial charge is 0.573 e. The van der Waals surface area contributed by atoms with Gasteiger partial charge in [-0.15, -0.1) is 13.2 Å². The van der Waals surface area contributed by atoms with Crippen LogP contribution in [0.2, 0.25) is 0 Å². The number of benzene rings is 1. The Balaban J connectivity index is 2.64. The number of nitrogens with zero attached hydrogens (tertiary/aromatic N) is 1. The maximum atomic E-state index is 12.5. The lowest BCUT2D eigenvalue weighted by Crippen LogP contribution is -2.17. The lowest BCUT2D eigenvalue weighted by molar-refractivity contribution is -0.274. The molecule has 0 aliphatic heterocycles. The van der Waals surface area contributed by atoms with Crippen molar-refractivity contribution in [2.75, 3.05) is 6.61 Å². The monoisotopic (exact) mass is 370 g/mol. The van der Waals surface area contributed by atoms with E-state index in [2.05, 4.69) is 4.74 Å². The zero-order valence-corrected chi connectivity index (χ0v) is 14.6. The highest BCUT2D eigenvalue weighted by Crippen LogP contribution is 2.35. The minimum atomic E-state index is -4.80. The fourth-order valence-corrected chi connectivity index (χ4v) is 3.16. The van der Waals surface area contributed by atoms with Crippen molar-refractivity contribution in [1.82, 2.24) is 4.57 Å².